The first kappa shape index (κ1) is 17.9. The van der Waals surface area contributed by atoms with Gasteiger partial charge in [-0.2, -0.15) is 0 Å². The van der Waals surface area contributed by atoms with E-state index in [0.717, 1.165) is 23.9 Å². The van der Waals surface area contributed by atoms with E-state index in [2.05, 4.69) is 0 Å². The Morgan fingerprint density at radius 1 is 1.12 bits per heavy atom. The number of nitrogens with zero attached hydrogens (tertiary/aromatic N) is 2. The predicted molar refractivity (Wildman–Crippen MR) is 92.9 cm³/mol. The van der Waals surface area contributed by atoms with Crippen molar-refractivity contribution in [2.24, 2.45) is 0 Å². The first-order chi connectivity index (χ1) is 11.5. The van der Waals surface area contributed by atoms with Gasteiger partial charge in [0.25, 0.3) is 0 Å². The summed E-state index contributed by atoms with van der Waals surface area (Å²) in [6.45, 7) is 0.624. The van der Waals surface area contributed by atoms with Crippen LogP contribution in [0.5, 0.6) is 0 Å². The summed E-state index contributed by atoms with van der Waals surface area (Å²) in [7, 11) is 3.45. The fourth-order valence-electron chi connectivity index (χ4n) is 2.45. The Balaban J connectivity index is 2.37. The summed E-state index contributed by atoms with van der Waals surface area (Å²) < 4.78 is 14.0. The highest BCUT2D eigenvalue weighted by Gasteiger charge is 2.14. The second-order valence-electron chi connectivity index (χ2n) is 5.58. The smallest absolute Gasteiger partial charge is 0.209 e. The minimum atomic E-state index is -0.382. The largest absolute Gasteiger partial charge is 0.370 e. The monoisotopic (exact) mass is 348 g/mol. The summed E-state index contributed by atoms with van der Waals surface area (Å²) in [4.78, 5) is 25.3. The molecule has 6 heteroatoms. The van der Waals surface area contributed by atoms with Gasteiger partial charge in [0, 0.05) is 49.0 Å². The van der Waals surface area contributed by atoms with Gasteiger partial charge in [-0.25, -0.2) is 4.39 Å². The number of aldehydes is 1. The maximum atomic E-state index is 14.0. The van der Waals surface area contributed by atoms with Crippen molar-refractivity contribution in [3.8, 4) is 0 Å². The van der Waals surface area contributed by atoms with Gasteiger partial charge in [0.05, 0.1) is 0 Å². The van der Waals surface area contributed by atoms with Gasteiger partial charge in [-0.15, -0.1) is 0 Å². The minimum Gasteiger partial charge on any atom is -0.370 e. The van der Waals surface area contributed by atoms with E-state index < -0.39 is 0 Å². The van der Waals surface area contributed by atoms with Crippen LogP contribution in [-0.2, 0) is 17.9 Å². The molecule has 0 N–H and O–H groups in total. The molecule has 0 bridgehead atoms. The Bertz CT molecular complexity index is 732. The third-order valence-electron chi connectivity index (χ3n) is 3.71. The molecule has 0 atom stereocenters. The lowest BCUT2D eigenvalue weighted by atomic mass is 10.1. The fraction of sp³-hybridized carbons (Fsp3) is 0.222. The van der Waals surface area contributed by atoms with Crippen LogP contribution in [0.1, 0.15) is 21.5 Å². The molecule has 0 aliphatic carbocycles. The molecule has 0 heterocycles. The van der Waals surface area contributed by atoms with Crippen LogP contribution in [0.15, 0.2) is 36.4 Å². The van der Waals surface area contributed by atoms with Crippen molar-refractivity contribution in [2.45, 2.75) is 13.1 Å². The van der Waals surface area contributed by atoms with Crippen molar-refractivity contribution in [2.75, 3.05) is 19.0 Å². The SMILES string of the molecule is CN(C=O)Cc1ccc(C=O)cc1N(C)Cc1c(F)cccc1Cl. The Morgan fingerprint density at radius 3 is 2.50 bits per heavy atom. The Kier molecular flexibility index (Phi) is 5.93. The zero-order chi connectivity index (χ0) is 17.7. The van der Waals surface area contributed by atoms with E-state index in [4.69, 9.17) is 11.6 Å². The molecule has 1 amide bonds. The maximum absolute atomic E-state index is 14.0. The van der Waals surface area contributed by atoms with Crippen molar-refractivity contribution in [3.05, 3.63) is 63.9 Å². The Morgan fingerprint density at radius 2 is 1.88 bits per heavy atom. The van der Waals surface area contributed by atoms with Crippen LogP contribution in [-0.4, -0.2) is 31.7 Å². The summed E-state index contributed by atoms with van der Waals surface area (Å²) in [5.74, 6) is -0.382. The van der Waals surface area contributed by atoms with Crippen molar-refractivity contribution in [1.29, 1.82) is 0 Å². The molecular formula is C18H18ClFN2O2. The predicted octanol–water partition coefficient (Wildman–Crippen LogP) is 3.52. The molecule has 0 aromatic heterocycles. The molecule has 0 unspecified atom stereocenters. The lowest BCUT2D eigenvalue weighted by Crippen LogP contribution is -2.22. The zero-order valence-corrected chi connectivity index (χ0v) is 14.3. The van der Waals surface area contributed by atoms with E-state index in [1.165, 1.54) is 11.0 Å². The Labute approximate surface area is 145 Å². The third-order valence-corrected chi connectivity index (χ3v) is 4.07. The normalized spacial score (nSPS) is 10.3. The molecule has 24 heavy (non-hydrogen) atoms. The van der Waals surface area contributed by atoms with Gasteiger partial charge in [-0.05, 0) is 23.8 Å². The van der Waals surface area contributed by atoms with Crippen LogP contribution >= 0.6 is 11.6 Å². The summed E-state index contributed by atoms with van der Waals surface area (Å²) in [5, 5.41) is 0.347. The summed E-state index contributed by atoms with van der Waals surface area (Å²) in [5.41, 5.74) is 2.49. The summed E-state index contributed by atoms with van der Waals surface area (Å²) in [6.07, 6.45) is 1.48. The fourth-order valence-corrected chi connectivity index (χ4v) is 2.68. The molecule has 4 nitrogen and oxygen atoms in total. The zero-order valence-electron chi connectivity index (χ0n) is 13.5. The van der Waals surface area contributed by atoms with Gasteiger partial charge in [0.15, 0.2) is 0 Å². The van der Waals surface area contributed by atoms with Crippen LogP contribution in [0, 0.1) is 5.82 Å². The minimum absolute atomic E-state index is 0.242. The van der Waals surface area contributed by atoms with E-state index in [1.807, 2.05) is 4.90 Å². The molecule has 2 aromatic rings. The number of carbonyl (C=O) groups is 2. The molecule has 2 rings (SSSR count). The molecule has 0 aliphatic heterocycles. The van der Waals surface area contributed by atoms with E-state index >= 15 is 0 Å². The van der Waals surface area contributed by atoms with Crippen molar-refractivity contribution >= 4 is 30.0 Å². The molecule has 0 fully saturated rings. The molecular weight excluding hydrogens is 331 g/mol. The first-order valence-corrected chi connectivity index (χ1v) is 7.71. The lowest BCUT2D eigenvalue weighted by Gasteiger charge is -2.25. The third kappa shape index (κ3) is 4.11. The van der Waals surface area contributed by atoms with Crippen LogP contribution in [0.25, 0.3) is 0 Å². The highest BCUT2D eigenvalue weighted by molar-refractivity contribution is 6.31. The summed E-state index contributed by atoms with van der Waals surface area (Å²) >= 11 is 6.09. The van der Waals surface area contributed by atoms with Gasteiger partial charge < -0.3 is 9.80 Å². The van der Waals surface area contributed by atoms with Crippen LogP contribution in [0.2, 0.25) is 5.02 Å². The van der Waals surface area contributed by atoms with Gasteiger partial charge in [0.2, 0.25) is 6.41 Å². The molecule has 2 aromatic carbocycles. The number of hydrogen-bond acceptors (Lipinski definition) is 3. The van der Waals surface area contributed by atoms with E-state index in [0.29, 0.717) is 22.7 Å². The first-order valence-electron chi connectivity index (χ1n) is 7.34. The number of anilines is 1. The quantitative estimate of drug-likeness (QED) is 0.719. The van der Waals surface area contributed by atoms with Gasteiger partial charge in [-0.3, -0.25) is 9.59 Å². The second-order valence-corrected chi connectivity index (χ2v) is 5.99. The number of amides is 1. The second kappa shape index (κ2) is 7.93. The van der Waals surface area contributed by atoms with Gasteiger partial charge in [-0.1, -0.05) is 29.8 Å². The van der Waals surface area contributed by atoms with E-state index in [9.17, 15) is 14.0 Å². The van der Waals surface area contributed by atoms with Crippen molar-refractivity contribution < 1.29 is 14.0 Å². The molecule has 0 radical (unpaired) electrons. The highest BCUT2D eigenvalue weighted by Crippen LogP contribution is 2.27. The highest BCUT2D eigenvalue weighted by atomic mass is 35.5. The molecule has 0 saturated heterocycles. The standard InChI is InChI=1S/C18H18ClFN2O2/c1-21(12-24)9-14-7-6-13(11-23)8-18(14)22(2)10-15-16(19)4-3-5-17(15)20/h3-8,11-12H,9-10H2,1-2H3. The number of halogens is 2. The Hall–Kier alpha value is -2.40. The lowest BCUT2D eigenvalue weighted by molar-refractivity contribution is -0.117. The van der Waals surface area contributed by atoms with Crippen molar-refractivity contribution in [3.63, 3.8) is 0 Å². The molecule has 0 spiro atoms. The average Bonchev–Trinajstić information content (AvgIpc) is 2.58. The molecule has 0 saturated carbocycles. The van der Waals surface area contributed by atoms with E-state index in [-0.39, 0.29) is 12.4 Å². The molecule has 126 valence electrons. The number of benzene rings is 2. The number of rotatable bonds is 7. The van der Waals surface area contributed by atoms with Crippen LogP contribution in [0.3, 0.4) is 0 Å². The maximum Gasteiger partial charge on any atom is 0.209 e. The number of hydrogen-bond donors (Lipinski definition) is 0. The van der Waals surface area contributed by atoms with Gasteiger partial charge in [0.1, 0.15) is 12.1 Å². The van der Waals surface area contributed by atoms with E-state index in [1.54, 1.807) is 44.4 Å². The topological polar surface area (TPSA) is 40.6 Å². The van der Waals surface area contributed by atoms with Crippen LogP contribution < -0.4 is 4.90 Å². The summed E-state index contributed by atoms with van der Waals surface area (Å²) in [6, 6.07) is 9.75. The number of carbonyl (C=O) groups excluding carboxylic acids is 2. The van der Waals surface area contributed by atoms with Crippen LogP contribution in [0.4, 0.5) is 10.1 Å². The van der Waals surface area contributed by atoms with Gasteiger partial charge >= 0.3 is 0 Å². The average molecular weight is 349 g/mol. The van der Waals surface area contributed by atoms with Crippen molar-refractivity contribution in [1.82, 2.24) is 4.90 Å². The molecule has 0 aliphatic rings.